The first-order chi connectivity index (χ1) is 6.93. The predicted octanol–water partition coefficient (Wildman–Crippen LogP) is -0.348. The van der Waals surface area contributed by atoms with Gasteiger partial charge in [-0.25, -0.2) is 0 Å². The maximum Gasteiger partial charge on any atom is 3.00 e. The van der Waals surface area contributed by atoms with Crippen LogP contribution in [0, 0.1) is 40.4 Å². The molecule has 0 aromatic heterocycles. The maximum atomic E-state index is 9.53. The smallest absolute Gasteiger partial charge is 0.852 e. The van der Waals surface area contributed by atoms with E-state index in [2.05, 4.69) is 0 Å². The second kappa shape index (κ2) is 25.9. The van der Waals surface area contributed by atoms with Gasteiger partial charge in [0.15, 0.2) is 0 Å². The zero-order chi connectivity index (χ0) is 14.3. The van der Waals surface area contributed by atoms with Gasteiger partial charge in [0.1, 0.15) is 0 Å². The molecule has 0 aliphatic rings. The van der Waals surface area contributed by atoms with Crippen LogP contribution in [0.3, 0.4) is 0 Å². The summed E-state index contributed by atoms with van der Waals surface area (Å²) in [5, 5.41) is 36.6. The van der Waals surface area contributed by atoms with E-state index in [1.807, 2.05) is 0 Å². The number of aliphatic hydroxyl groups is 1. The van der Waals surface area contributed by atoms with Crippen molar-refractivity contribution in [3.63, 3.8) is 0 Å². The van der Waals surface area contributed by atoms with E-state index in [1.165, 1.54) is 0 Å². The van der Waals surface area contributed by atoms with Crippen LogP contribution < -0.4 is 15.3 Å². The molecule has 5 heteroatoms. The molecule has 1 N–H and O–H groups in total. The van der Waals surface area contributed by atoms with Gasteiger partial charge in [0, 0.05) is 6.10 Å². The fourth-order valence-corrected chi connectivity index (χ4v) is 0. The van der Waals surface area contributed by atoms with E-state index in [1.54, 1.807) is 55.4 Å². The molecular formula is C12H29O4Sm. The minimum absolute atomic E-state index is 0. The molecule has 0 spiro atoms. The monoisotopic (exact) mass is 389 g/mol. The average molecular weight is 388 g/mol. The van der Waals surface area contributed by atoms with Crippen LogP contribution in [0.25, 0.3) is 0 Å². The van der Waals surface area contributed by atoms with Gasteiger partial charge >= 0.3 is 40.4 Å². The topological polar surface area (TPSA) is 89.4 Å². The fourth-order valence-electron chi connectivity index (χ4n) is 0. The Morgan fingerprint density at radius 2 is 0.588 bits per heavy atom. The van der Waals surface area contributed by atoms with Crippen molar-refractivity contribution in [3.8, 4) is 0 Å². The first-order valence-corrected chi connectivity index (χ1v) is 5.58. The molecule has 4 nitrogen and oxygen atoms in total. The molecule has 0 heterocycles. The zero-order valence-corrected chi connectivity index (χ0v) is 15.0. The number of hydrogen-bond acceptors (Lipinski definition) is 4. The van der Waals surface area contributed by atoms with Crippen molar-refractivity contribution in [1.29, 1.82) is 0 Å². The average Bonchev–Trinajstić information content (AvgIpc) is 1.76. The third-order valence-electron chi connectivity index (χ3n) is 0. The Morgan fingerprint density at radius 1 is 0.588 bits per heavy atom. The fraction of sp³-hybridized carbons (Fsp3) is 1.00. The minimum atomic E-state index is -0.417. The molecule has 0 aliphatic heterocycles. The van der Waals surface area contributed by atoms with E-state index >= 15 is 0 Å². The van der Waals surface area contributed by atoms with Crippen molar-refractivity contribution in [2.24, 2.45) is 0 Å². The molecule has 0 aliphatic carbocycles. The number of hydrogen-bond donors (Lipinski definition) is 1. The summed E-state index contributed by atoms with van der Waals surface area (Å²) in [6.45, 7) is 13.1. The molecule has 0 saturated heterocycles. The SMILES string of the molecule is CC(C)O.CC(C)[O-].CC(C)[O-].CC(C)[O-].[Sm+3]. The Bertz CT molecular complexity index is 61.5. The maximum absolute atomic E-state index is 9.53. The van der Waals surface area contributed by atoms with Gasteiger partial charge in [0.05, 0.1) is 0 Å². The zero-order valence-electron chi connectivity index (χ0n) is 12.4. The first-order valence-electron chi connectivity index (χ1n) is 5.58. The van der Waals surface area contributed by atoms with Crippen LogP contribution in [0.2, 0.25) is 0 Å². The summed E-state index contributed by atoms with van der Waals surface area (Å²) in [5.41, 5.74) is 0. The van der Waals surface area contributed by atoms with Gasteiger partial charge in [-0.15, -0.1) is 18.3 Å². The number of aliphatic hydroxyl groups excluding tert-OH is 1. The molecule has 0 unspecified atom stereocenters. The van der Waals surface area contributed by atoms with E-state index in [-0.39, 0.29) is 46.5 Å². The van der Waals surface area contributed by atoms with Gasteiger partial charge in [-0.3, -0.25) is 0 Å². The summed E-state index contributed by atoms with van der Waals surface area (Å²) in [6, 6.07) is 0. The standard InChI is InChI=1S/C3H8O.3C3H7O.Sm/c4*1-3(2)4;/h3-4H,1-2H3;3*3H,1-2H3;/q;3*-1;+3. The minimum Gasteiger partial charge on any atom is -0.852 e. The van der Waals surface area contributed by atoms with Crippen LogP contribution in [-0.4, -0.2) is 29.5 Å². The largest absolute Gasteiger partial charge is 3.00 e. The van der Waals surface area contributed by atoms with E-state index in [0.717, 1.165) is 0 Å². The van der Waals surface area contributed by atoms with Crippen LogP contribution in [0.15, 0.2) is 0 Å². The van der Waals surface area contributed by atoms with E-state index < -0.39 is 18.3 Å². The Hall–Kier alpha value is 1.18. The first kappa shape index (κ1) is 30.9. The Kier molecular flexibility index (Phi) is 47.0. The molecule has 0 bridgehead atoms. The Balaban J connectivity index is -0.0000000369. The van der Waals surface area contributed by atoms with Crippen molar-refractivity contribution < 1.29 is 60.8 Å². The quantitative estimate of drug-likeness (QED) is 0.615. The van der Waals surface area contributed by atoms with Gasteiger partial charge in [0.25, 0.3) is 0 Å². The molecule has 1 radical (unpaired) electrons. The third kappa shape index (κ3) is 2850. The normalized spacial score (nSPS) is 8.47. The van der Waals surface area contributed by atoms with Crippen LogP contribution in [0.1, 0.15) is 55.4 Å². The van der Waals surface area contributed by atoms with Gasteiger partial charge in [0.2, 0.25) is 0 Å². The van der Waals surface area contributed by atoms with Gasteiger partial charge in [-0.05, 0) is 13.8 Å². The Morgan fingerprint density at radius 3 is 0.588 bits per heavy atom. The van der Waals surface area contributed by atoms with Crippen molar-refractivity contribution in [1.82, 2.24) is 0 Å². The molecule has 0 aromatic rings. The number of rotatable bonds is 0. The predicted molar refractivity (Wildman–Crippen MR) is 62.8 cm³/mol. The molecule has 17 heavy (non-hydrogen) atoms. The third-order valence-corrected chi connectivity index (χ3v) is 0. The van der Waals surface area contributed by atoms with Crippen LogP contribution in [-0.2, 0) is 0 Å². The summed E-state index contributed by atoms with van der Waals surface area (Å²) in [7, 11) is 0. The summed E-state index contributed by atoms with van der Waals surface area (Å²) < 4.78 is 0. The molecule has 0 saturated carbocycles. The van der Waals surface area contributed by atoms with E-state index in [4.69, 9.17) is 5.11 Å². The molecule has 107 valence electrons. The second-order valence-corrected chi connectivity index (χ2v) is 4.24. The molecule has 0 aromatic carbocycles. The van der Waals surface area contributed by atoms with Crippen molar-refractivity contribution in [2.45, 2.75) is 79.8 Å². The molecule has 0 atom stereocenters. The summed E-state index contributed by atoms with van der Waals surface area (Å²) in [5.74, 6) is 0. The van der Waals surface area contributed by atoms with Crippen molar-refractivity contribution >= 4 is 0 Å². The molecular weight excluding hydrogens is 358 g/mol. The van der Waals surface area contributed by atoms with Crippen LogP contribution in [0.4, 0.5) is 0 Å². The van der Waals surface area contributed by atoms with E-state index in [9.17, 15) is 15.3 Å². The summed E-state index contributed by atoms with van der Waals surface area (Å²) in [6.07, 6.45) is -1.42. The van der Waals surface area contributed by atoms with Crippen LogP contribution >= 0.6 is 0 Å². The Labute approximate surface area is 140 Å². The van der Waals surface area contributed by atoms with Gasteiger partial charge in [-0.1, -0.05) is 41.5 Å². The van der Waals surface area contributed by atoms with Crippen molar-refractivity contribution in [3.05, 3.63) is 0 Å². The molecule has 0 amide bonds. The van der Waals surface area contributed by atoms with E-state index in [0.29, 0.717) is 0 Å². The van der Waals surface area contributed by atoms with Gasteiger partial charge < -0.3 is 20.4 Å². The summed E-state index contributed by atoms with van der Waals surface area (Å²) >= 11 is 0. The second-order valence-electron chi connectivity index (χ2n) is 4.24. The van der Waals surface area contributed by atoms with Crippen molar-refractivity contribution in [2.75, 3.05) is 0 Å². The van der Waals surface area contributed by atoms with Gasteiger partial charge in [-0.2, -0.15) is 0 Å². The molecule has 0 fully saturated rings. The molecule has 0 rings (SSSR count). The van der Waals surface area contributed by atoms with Crippen LogP contribution in [0.5, 0.6) is 0 Å². The summed E-state index contributed by atoms with van der Waals surface area (Å²) in [4.78, 5) is 0.